The maximum atomic E-state index is 9.96. The molecule has 0 spiro atoms. The molecule has 0 amide bonds. The van der Waals surface area contributed by atoms with E-state index in [2.05, 4.69) is 29.1 Å². The predicted molar refractivity (Wildman–Crippen MR) is 83.4 cm³/mol. The summed E-state index contributed by atoms with van der Waals surface area (Å²) in [5, 5.41) is 17.5. The second-order valence-corrected chi connectivity index (χ2v) is 5.70. The number of hydrogen-bond acceptors (Lipinski definition) is 4. The molecule has 2 unspecified atom stereocenters. The quantitative estimate of drug-likeness (QED) is 0.823. The SMILES string of the molecule is Cc1ccccc1OCC(O)CNC(C)c1ccsc1. The van der Waals surface area contributed by atoms with Crippen LogP contribution in [0.3, 0.4) is 0 Å². The molecular weight excluding hydrogens is 270 g/mol. The number of thiophene rings is 1. The number of aliphatic hydroxyl groups is 1. The zero-order valence-electron chi connectivity index (χ0n) is 11.9. The Morgan fingerprint density at radius 3 is 2.80 bits per heavy atom. The zero-order chi connectivity index (χ0) is 14.4. The standard InChI is InChI=1S/C16H21NO2S/c1-12-5-3-4-6-16(12)19-10-15(18)9-17-13(2)14-7-8-20-11-14/h3-8,11,13,15,17-18H,9-10H2,1-2H3. The molecule has 1 aromatic heterocycles. The molecule has 0 saturated carbocycles. The lowest BCUT2D eigenvalue weighted by atomic mass is 10.2. The van der Waals surface area contributed by atoms with Gasteiger partial charge < -0.3 is 15.2 Å². The first-order valence-electron chi connectivity index (χ1n) is 6.79. The van der Waals surface area contributed by atoms with Crippen LogP contribution in [0.15, 0.2) is 41.1 Å². The van der Waals surface area contributed by atoms with Gasteiger partial charge in [0.1, 0.15) is 18.5 Å². The van der Waals surface area contributed by atoms with Crippen molar-refractivity contribution in [3.05, 3.63) is 52.2 Å². The molecular formula is C16H21NO2S. The van der Waals surface area contributed by atoms with E-state index in [1.165, 1.54) is 5.56 Å². The molecule has 0 fully saturated rings. The van der Waals surface area contributed by atoms with Gasteiger partial charge in [0.15, 0.2) is 0 Å². The van der Waals surface area contributed by atoms with Crippen molar-refractivity contribution >= 4 is 11.3 Å². The van der Waals surface area contributed by atoms with Gasteiger partial charge in [-0.15, -0.1) is 0 Å². The van der Waals surface area contributed by atoms with Crippen LogP contribution >= 0.6 is 11.3 Å². The highest BCUT2D eigenvalue weighted by molar-refractivity contribution is 7.07. The van der Waals surface area contributed by atoms with E-state index in [9.17, 15) is 5.11 Å². The minimum atomic E-state index is -0.518. The Bertz CT molecular complexity index is 513. The highest BCUT2D eigenvalue weighted by atomic mass is 32.1. The largest absolute Gasteiger partial charge is 0.491 e. The van der Waals surface area contributed by atoms with Gasteiger partial charge in [-0.1, -0.05) is 18.2 Å². The molecule has 108 valence electrons. The molecule has 0 aliphatic heterocycles. The van der Waals surface area contributed by atoms with Gasteiger partial charge in [-0.05, 0) is 47.9 Å². The highest BCUT2D eigenvalue weighted by Crippen LogP contribution is 2.17. The Morgan fingerprint density at radius 2 is 2.10 bits per heavy atom. The van der Waals surface area contributed by atoms with Crippen LogP contribution in [0.1, 0.15) is 24.1 Å². The third-order valence-electron chi connectivity index (χ3n) is 3.23. The van der Waals surface area contributed by atoms with Crippen molar-refractivity contribution in [2.75, 3.05) is 13.2 Å². The lowest BCUT2D eigenvalue weighted by Gasteiger charge is -2.17. The van der Waals surface area contributed by atoms with Gasteiger partial charge in [-0.25, -0.2) is 0 Å². The van der Waals surface area contributed by atoms with E-state index in [0.717, 1.165) is 11.3 Å². The summed E-state index contributed by atoms with van der Waals surface area (Å²) in [5.74, 6) is 0.831. The molecule has 1 aromatic carbocycles. The molecule has 3 nitrogen and oxygen atoms in total. The van der Waals surface area contributed by atoms with Gasteiger partial charge in [0.25, 0.3) is 0 Å². The summed E-state index contributed by atoms with van der Waals surface area (Å²) in [4.78, 5) is 0. The number of rotatable bonds is 7. The van der Waals surface area contributed by atoms with Crippen LogP contribution in [0, 0.1) is 6.92 Å². The van der Waals surface area contributed by atoms with Crippen LogP contribution in [0.5, 0.6) is 5.75 Å². The Labute approximate surface area is 124 Å². The first kappa shape index (κ1) is 15.0. The van der Waals surface area contributed by atoms with E-state index in [0.29, 0.717) is 13.2 Å². The predicted octanol–water partition coefficient (Wildman–Crippen LogP) is 3.15. The topological polar surface area (TPSA) is 41.5 Å². The van der Waals surface area contributed by atoms with Gasteiger partial charge in [0.2, 0.25) is 0 Å². The van der Waals surface area contributed by atoms with E-state index in [1.54, 1.807) is 11.3 Å². The first-order valence-corrected chi connectivity index (χ1v) is 7.73. The first-order chi connectivity index (χ1) is 9.66. The molecule has 0 bridgehead atoms. The van der Waals surface area contributed by atoms with Crippen molar-refractivity contribution in [3.63, 3.8) is 0 Å². The summed E-state index contributed by atoms with van der Waals surface area (Å²) in [6.07, 6.45) is -0.518. The van der Waals surface area contributed by atoms with Crippen LogP contribution in [-0.4, -0.2) is 24.4 Å². The van der Waals surface area contributed by atoms with Gasteiger partial charge in [0.05, 0.1) is 0 Å². The molecule has 2 atom stereocenters. The van der Waals surface area contributed by atoms with E-state index >= 15 is 0 Å². The molecule has 20 heavy (non-hydrogen) atoms. The fourth-order valence-electron chi connectivity index (χ4n) is 1.92. The monoisotopic (exact) mass is 291 g/mol. The van der Waals surface area contributed by atoms with Crippen LogP contribution in [-0.2, 0) is 0 Å². The second kappa shape index (κ2) is 7.43. The van der Waals surface area contributed by atoms with Gasteiger partial charge in [0, 0.05) is 12.6 Å². The molecule has 0 radical (unpaired) electrons. The van der Waals surface area contributed by atoms with Gasteiger partial charge >= 0.3 is 0 Å². The van der Waals surface area contributed by atoms with E-state index < -0.39 is 6.10 Å². The number of aliphatic hydroxyl groups excluding tert-OH is 1. The number of benzene rings is 1. The minimum Gasteiger partial charge on any atom is -0.491 e. The molecule has 2 N–H and O–H groups in total. The zero-order valence-corrected chi connectivity index (χ0v) is 12.7. The second-order valence-electron chi connectivity index (χ2n) is 4.92. The number of ether oxygens (including phenoxy) is 1. The van der Waals surface area contributed by atoms with Crippen LogP contribution in [0.25, 0.3) is 0 Å². The summed E-state index contributed by atoms with van der Waals surface area (Å²) in [7, 11) is 0. The third-order valence-corrected chi connectivity index (χ3v) is 3.93. The van der Waals surface area contributed by atoms with Crippen LogP contribution in [0.2, 0.25) is 0 Å². The summed E-state index contributed by atoms with van der Waals surface area (Å²) in [5.41, 5.74) is 2.33. The smallest absolute Gasteiger partial charge is 0.122 e. The molecule has 4 heteroatoms. The number of hydrogen-bond donors (Lipinski definition) is 2. The Morgan fingerprint density at radius 1 is 1.30 bits per heavy atom. The van der Waals surface area contributed by atoms with E-state index in [-0.39, 0.29) is 6.04 Å². The summed E-state index contributed by atoms with van der Waals surface area (Å²) < 4.78 is 5.63. The molecule has 2 rings (SSSR count). The lowest BCUT2D eigenvalue weighted by molar-refractivity contribution is 0.104. The minimum absolute atomic E-state index is 0.245. The van der Waals surface area contributed by atoms with Crippen LogP contribution in [0.4, 0.5) is 0 Å². The molecule has 1 heterocycles. The summed E-state index contributed by atoms with van der Waals surface area (Å²) >= 11 is 1.68. The van der Waals surface area contributed by atoms with Crippen molar-refractivity contribution in [2.45, 2.75) is 26.0 Å². The highest BCUT2D eigenvalue weighted by Gasteiger charge is 2.10. The van der Waals surface area contributed by atoms with Crippen molar-refractivity contribution in [2.24, 2.45) is 0 Å². The Hall–Kier alpha value is -1.36. The van der Waals surface area contributed by atoms with Crippen molar-refractivity contribution < 1.29 is 9.84 Å². The van der Waals surface area contributed by atoms with Crippen molar-refractivity contribution in [1.82, 2.24) is 5.32 Å². The average molecular weight is 291 g/mol. The summed E-state index contributed by atoms with van der Waals surface area (Å²) in [6, 6.07) is 10.2. The van der Waals surface area contributed by atoms with Crippen molar-refractivity contribution in [3.8, 4) is 5.75 Å². The Balaban J connectivity index is 1.73. The Kier molecular flexibility index (Phi) is 5.59. The molecule has 2 aromatic rings. The van der Waals surface area contributed by atoms with E-state index in [1.807, 2.05) is 31.2 Å². The third kappa shape index (κ3) is 4.34. The maximum absolute atomic E-state index is 9.96. The van der Waals surface area contributed by atoms with Crippen molar-refractivity contribution in [1.29, 1.82) is 0 Å². The summed E-state index contributed by atoms with van der Waals surface area (Å²) in [6.45, 7) is 4.91. The fraction of sp³-hybridized carbons (Fsp3) is 0.375. The van der Waals surface area contributed by atoms with Crippen LogP contribution < -0.4 is 10.1 Å². The molecule has 0 aliphatic rings. The molecule has 0 aliphatic carbocycles. The fourth-order valence-corrected chi connectivity index (χ4v) is 2.67. The number of nitrogens with one attached hydrogen (secondary N) is 1. The number of aryl methyl sites for hydroxylation is 1. The van der Waals surface area contributed by atoms with E-state index in [4.69, 9.17) is 4.74 Å². The lowest BCUT2D eigenvalue weighted by Crippen LogP contribution is -2.33. The average Bonchev–Trinajstić information content (AvgIpc) is 2.98. The van der Waals surface area contributed by atoms with Gasteiger partial charge in [-0.2, -0.15) is 11.3 Å². The van der Waals surface area contributed by atoms with Gasteiger partial charge in [-0.3, -0.25) is 0 Å². The maximum Gasteiger partial charge on any atom is 0.122 e. The normalized spacial score (nSPS) is 13.9. The number of para-hydroxylation sites is 1. The molecule has 0 saturated heterocycles.